The Hall–Kier alpha value is -3.18. The van der Waals surface area contributed by atoms with Gasteiger partial charge < -0.3 is 10.1 Å². The van der Waals surface area contributed by atoms with Crippen LogP contribution in [-0.2, 0) is 9.53 Å². The molecule has 2 aromatic carbocycles. The summed E-state index contributed by atoms with van der Waals surface area (Å²) < 4.78 is 5.23. The van der Waals surface area contributed by atoms with E-state index in [1.54, 1.807) is 13.0 Å². The third-order valence-corrected chi connectivity index (χ3v) is 5.27. The molecule has 4 nitrogen and oxygen atoms in total. The van der Waals surface area contributed by atoms with E-state index in [9.17, 15) is 9.59 Å². The molecule has 0 radical (unpaired) electrons. The topological polar surface area (TPSA) is 55.4 Å². The fourth-order valence-electron chi connectivity index (χ4n) is 2.80. The molecule has 0 saturated carbocycles. The van der Waals surface area contributed by atoms with Crippen molar-refractivity contribution in [2.45, 2.75) is 20.8 Å². The summed E-state index contributed by atoms with van der Waals surface area (Å²) in [5, 5.41) is 5.18. The van der Waals surface area contributed by atoms with Gasteiger partial charge in [-0.05, 0) is 38.0 Å². The monoisotopic (exact) mass is 405 g/mol. The molecule has 1 aromatic heterocycles. The van der Waals surface area contributed by atoms with Gasteiger partial charge in [0.1, 0.15) is 10.6 Å². The summed E-state index contributed by atoms with van der Waals surface area (Å²) >= 11 is 1.31. The highest BCUT2D eigenvalue weighted by Crippen LogP contribution is 2.36. The van der Waals surface area contributed by atoms with Crippen molar-refractivity contribution >= 4 is 34.3 Å². The van der Waals surface area contributed by atoms with E-state index in [4.69, 9.17) is 4.74 Å². The molecule has 29 heavy (non-hydrogen) atoms. The second-order valence-electron chi connectivity index (χ2n) is 6.67. The van der Waals surface area contributed by atoms with Crippen molar-refractivity contribution in [2.75, 3.05) is 11.9 Å². The van der Waals surface area contributed by atoms with Crippen LogP contribution in [0.3, 0.4) is 0 Å². The van der Waals surface area contributed by atoms with Gasteiger partial charge in [0.05, 0.1) is 6.61 Å². The van der Waals surface area contributed by atoms with Crippen molar-refractivity contribution in [3.63, 3.8) is 0 Å². The minimum absolute atomic E-state index is 0.267. The molecule has 3 rings (SSSR count). The minimum Gasteiger partial charge on any atom is -0.462 e. The molecule has 0 aliphatic heterocycles. The number of esters is 1. The van der Waals surface area contributed by atoms with Crippen LogP contribution >= 0.6 is 11.3 Å². The average Bonchev–Trinajstić information content (AvgIpc) is 3.12. The predicted molar refractivity (Wildman–Crippen MR) is 119 cm³/mol. The van der Waals surface area contributed by atoms with E-state index in [2.05, 4.69) is 5.32 Å². The number of hydrogen-bond acceptors (Lipinski definition) is 4. The zero-order chi connectivity index (χ0) is 20.8. The molecule has 0 saturated heterocycles. The summed E-state index contributed by atoms with van der Waals surface area (Å²) in [7, 11) is 0. The summed E-state index contributed by atoms with van der Waals surface area (Å²) in [6, 6.07) is 15.8. The smallest absolute Gasteiger partial charge is 0.341 e. The number of amides is 1. The van der Waals surface area contributed by atoms with E-state index in [0.717, 1.165) is 27.8 Å². The van der Waals surface area contributed by atoms with E-state index in [0.29, 0.717) is 10.6 Å². The average molecular weight is 406 g/mol. The van der Waals surface area contributed by atoms with Crippen LogP contribution in [0.1, 0.15) is 34.0 Å². The fourth-order valence-corrected chi connectivity index (χ4v) is 3.76. The van der Waals surface area contributed by atoms with Gasteiger partial charge in [-0.3, -0.25) is 4.79 Å². The first-order chi connectivity index (χ1) is 14.0. The number of nitrogens with one attached hydrogen (secondary N) is 1. The van der Waals surface area contributed by atoms with Crippen LogP contribution in [0.4, 0.5) is 5.00 Å². The Morgan fingerprint density at radius 3 is 2.24 bits per heavy atom. The van der Waals surface area contributed by atoms with E-state index in [1.165, 1.54) is 17.4 Å². The van der Waals surface area contributed by atoms with E-state index < -0.39 is 5.97 Å². The SMILES string of the molecule is CCOC(=O)c1c(-c2ccc(C)cc2)csc1NC(=O)C=Cc1ccc(C)cc1. The van der Waals surface area contributed by atoms with Gasteiger partial charge in [-0.25, -0.2) is 4.79 Å². The largest absolute Gasteiger partial charge is 0.462 e. The Balaban J connectivity index is 1.86. The predicted octanol–water partition coefficient (Wildman–Crippen LogP) is 5.86. The van der Waals surface area contributed by atoms with Crippen LogP contribution in [0, 0.1) is 13.8 Å². The van der Waals surface area contributed by atoms with Gasteiger partial charge in [0.2, 0.25) is 5.91 Å². The number of benzene rings is 2. The molecule has 0 unspecified atom stereocenters. The molecular weight excluding hydrogens is 382 g/mol. The van der Waals surface area contributed by atoms with Gasteiger partial charge in [0.15, 0.2) is 0 Å². The second kappa shape index (κ2) is 9.34. The summed E-state index contributed by atoms with van der Waals surface area (Å²) in [4.78, 5) is 25.0. The highest BCUT2D eigenvalue weighted by molar-refractivity contribution is 7.15. The molecule has 148 valence electrons. The molecule has 1 amide bonds. The summed E-state index contributed by atoms with van der Waals surface area (Å²) in [5.74, 6) is -0.740. The lowest BCUT2D eigenvalue weighted by atomic mass is 10.0. The van der Waals surface area contributed by atoms with Crippen LogP contribution in [0.15, 0.2) is 60.0 Å². The Morgan fingerprint density at radius 2 is 1.62 bits per heavy atom. The Bertz CT molecular complexity index is 1030. The van der Waals surface area contributed by atoms with Crippen LogP contribution in [0.2, 0.25) is 0 Å². The molecule has 0 atom stereocenters. The number of ether oxygens (including phenoxy) is 1. The lowest BCUT2D eigenvalue weighted by Crippen LogP contribution is -2.12. The van der Waals surface area contributed by atoms with Crippen LogP contribution < -0.4 is 5.32 Å². The van der Waals surface area contributed by atoms with Crippen molar-refractivity contribution in [3.05, 3.63) is 82.2 Å². The van der Waals surface area contributed by atoms with Crippen molar-refractivity contribution in [1.82, 2.24) is 0 Å². The molecule has 1 heterocycles. The van der Waals surface area contributed by atoms with Gasteiger partial charge in [-0.1, -0.05) is 59.7 Å². The third kappa shape index (κ3) is 5.21. The number of hydrogen-bond donors (Lipinski definition) is 1. The molecule has 0 aliphatic carbocycles. The number of aryl methyl sites for hydroxylation is 2. The molecular formula is C24H23NO3S. The van der Waals surface area contributed by atoms with Crippen molar-refractivity contribution < 1.29 is 14.3 Å². The summed E-state index contributed by atoms with van der Waals surface area (Å²) in [6.07, 6.45) is 3.21. The molecule has 0 spiro atoms. The maximum Gasteiger partial charge on any atom is 0.341 e. The first kappa shape index (κ1) is 20.6. The van der Waals surface area contributed by atoms with Gasteiger partial charge in [-0.15, -0.1) is 11.3 Å². The highest BCUT2D eigenvalue weighted by atomic mass is 32.1. The van der Waals surface area contributed by atoms with Crippen LogP contribution in [0.5, 0.6) is 0 Å². The summed E-state index contributed by atoms with van der Waals surface area (Å²) in [5.41, 5.74) is 5.28. The molecule has 0 aliphatic rings. The van der Waals surface area contributed by atoms with Crippen LogP contribution in [-0.4, -0.2) is 18.5 Å². The maximum absolute atomic E-state index is 12.6. The maximum atomic E-state index is 12.6. The van der Waals surface area contributed by atoms with E-state index in [-0.39, 0.29) is 12.5 Å². The zero-order valence-electron chi connectivity index (χ0n) is 16.7. The van der Waals surface area contributed by atoms with Crippen molar-refractivity contribution in [3.8, 4) is 11.1 Å². The lowest BCUT2D eigenvalue weighted by molar-refractivity contribution is -0.111. The second-order valence-corrected chi connectivity index (χ2v) is 7.55. The number of carbonyl (C=O) groups excluding carboxylic acids is 2. The normalized spacial score (nSPS) is 10.9. The summed E-state index contributed by atoms with van der Waals surface area (Å²) in [6.45, 7) is 6.05. The number of anilines is 1. The van der Waals surface area contributed by atoms with Gasteiger partial charge >= 0.3 is 5.97 Å². The van der Waals surface area contributed by atoms with Gasteiger partial charge in [0, 0.05) is 17.0 Å². The van der Waals surface area contributed by atoms with Crippen molar-refractivity contribution in [1.29, 1.82) is 0 Å². The van der Waals surface area contributed by atoms with Gasteiger partial charge in [-0.2, -0.15) is 0 Å². The molecule has 5 heteroatoms. The Morgan fingerprint density at radius 1 is 1.00 bits per heavy atom. The van der Waals surface area contributed by atoms with Crippen LogP contribution in [0.25, 0.3) is 17.2 Å². The number of carbonyl (C=O) groups is 2. The first-order valence-corrected chi connectivity index (χ1v) is 10.3. The molecule has 0 fully saturated rings. The van der Waals surface area contributed by atoms with Gasteiger partial charge in [0.25, 0.3) is 0 Å². The fraction of sp³-hybridized carbons (Fsp3) is 0.167. The van der Waals surface area contributed by atoms with E-state index in [1.807, 2.05) is 67.8 Å². The molecule has 1 N–H and O–H groups in total. The zero-order valence-corrected chi connectivity index (χ0v) is 17.5. The molecule has 3 aromatic rings. The minimum atomic E-state index is -0.442. The third-order valence-electron chi connectivity index (χ3n) is 4.37. The Kier molecular flexibility index (Phi) is 6.62. The molecule has 0 bridgehead atoms. The van der Waals surface area contributed by atoms with E-state index >= 15 is 0 Å². The Labute approximate surface area is 174 Å². The standard InChI is InChI=1S/C24H23NO3S/c1-4-28-24(27)22-20(19-12-7-17(3)8-13-19)15-29-23(22)25-21(26)14-11-18-9-5-16(2)6-10-18/h5-15H,4H2,1-3H3,(H,25,26). The lowest BCUT2D eigenvalue weighted by Gasteiger charge is -2.08. The number of rotatable bonds is 6. The first-order valence-electron chi connectivity index (χ1n) is 9.39. The highest BCUT2D eigenvalue weighted by Gasteiger charge is 2.22. The van der Waals surface area contributed by atoms with Crippen molar-refractivity contribution in [2.24, 2.45) is 0 Å². The number of thiophene rings is 1. The quantitative estimate of drug-likeness (QED) is 0.413.